The van der Waals surface area contributed by atoms with E-state index in [4.69, 9.17) is 9.72 Å². The molecule has 0 saturated heterocycles. The quantitative estimate of drug-likeness (QED) is 0.265. The van der Waals surface area contributed by atoms with Gasteiger partial charge in [-0.05, 0) is 72.9 Å². The maximum Gasteiger partial charge on any atom is 0.337 e. The lowest BCUT2D eigenvalue weighted by Gasteiger charge is -2.37. The number of fused-ring (bicyclic) bond motifs is 1. The first-order chi connectivity index (χ1) is 17.7. The van der Waals surface area contributed by atoms with E-state index >= 15 is 0 Å². The number of allylic oxidation sites excluding steroid dienone is 1. The molecular formula is C30H38N4O3. The van der Waals surface area contributed by atoms with Crippen molar-refractivity contribution in [1.82, 2.24) is 15.3 Å². The van der Waals surface area contributed by atoms with Gasteiger partial charge in [0.15, 0.2) is 0 Å². The molecule has 0 saturated carbocycles. The first kappa shape index (κ1) is 26.6. The van der Waals surface area contributed by atoms with E-state index in [0.717, 1.165) is 48.5 Å². The van der Waals surface area contributed by atoms with E-state index in [1.165, 1.54) is 25.2 Å². The Kier molecular flexibility index (Phi) is 8.44. The highest BCUT2D eigenvalue weighted by molar-refractivity contribution is 5.93. The Morgan fingerprint density at radius 3 is 2.59 bits per heavy atom. The molecule has 3 aromatic rings. The zero-order valence-corrected chi connectivity index (χ0v) is 22.4. The zero-order chi connectivity index (χ0) is 26.5. The van der Waals surface area contributed by atoms with E-state index < -0.39 is 0 Å². The molecule has 1 amide bonds. The van der Waals surface area contributed by atoms with Crippen LogP contribution in [0.2, 0.25) is 0 Å². The molecule has 7 heteroatoms. The molecule has 0 fully saturated rings. The minimum atomic E-state index is -0.342. The molecule has 7 nitrogen and oxygen atoms in total. The number of nitrogens with one attached hydrogen (secondary N) is 3. The Labute approximate surface area is 219 Å². The summed E-state index contributed by atoms with van der Waals surface area (Å²) in [7, 11) is 1.39. The van der Waals surface area contributed by atoms with Crippen LogP contribution in [0.15, 0.2) is 54.1 Å². The minimum Gasteiger partial charge on any atom is -0.465 e. The van der Waals surface area contributed by atoms with Crippen LogP contribution in [0.25, 0.3) is 11.0 Å². The second-order valence-electron chi connectivity index (χ2n) is 10.5. The second-order valence-corrected chi connectivity index (χ2v) is 10.5. The van der Waals surface area contributed by atoms with E-state index in [-0.39, 0.29) is 11.9 Å². The van der Waals surface area contributed by atoms with Gasteiger partial charge in [0.25, 0.3) is 0 Å². The Morgan fingerprint density at radius 1 is 1.16 bits per heavy atom. The van der Waals surface area contributed by atoms with Crippen molar-refractivity contribution >= 4 is 28.6 Å². The SMILES string of the molecule is COC(=O)c1ccc2nc(C[C@@H]3C[C@@H](C(C)C)[C@H](CNCc4ccc(NC(C)=O)cc4)C=C3C)[nH]c2c1. The fourth-order valence-electron chi connectivity index (χ4n) is 5.44. The summed E-state index contributed by atoms with van der Waals surface area (Å²) >= 11 is 0. The number of amides is 1. The maximum absolute atomic E-state index is 11.9. The number of carbonyl (C=O) groups is 2. The molecule has 3 N–H and O–H groups in total. The number of methoxy groups -OCH3 is 1. The van der Waals surface area contributed by atoms with Gasteiger partial charge >= 0.3 is 5.97 Å². The zero-order valence-electron chi connectivity index (χ0n) is 22.4. The first-order valence-corrected chi connectivity index (χ1v) is 13.1. The van der Waals surface area contributed by atoms with Gasteiger partial charge in [-0.3, -0.25) is 4.79 Å². The lowest BCUT2D eigenvalue weighted by molar-refractivity contribution is -0.114. The third-order valence-electron chi connectivity index (χ3n) is 7.46. The van der Waals surface area contributed by atoms with E-state index in [9.17, 15) is 9.59 Å². The van der Waals surface area contributed by atoms with Crippen LogP contribution in [-0.4, -0.2) is 35.5 Å². The van der Waals surface area contributed by atoms with Crippen molar-refractivity contribution in [3.05, 3.63) is 71.1 Å². The van der Waals surface area contributed by atoms with Gasteiger partial charge in [0.1, 0.15) is 5.82 Å². The molecule has 196 valence electrons. The van der Waals surface area contributed by atoms with E-state index in [0.29, 0.717) is 29.2 Å². The number of aromatic amines is 1. The van der Waals surface area contributed by atoms with Gasteiger partial charge in [0, 0.05) is 32.1 Å². The number of esters is 1. The number of imidazole rings is 1. The van der Waals surface area contributed by atoms with Crippen LogP contribution in [-0.2, 0) is 22.5 Å². The average molecular weight is 503 g/mol. The molecule has 0 unspecified atom stereocenters. The summed E-state index contributed by atoms with van der Waals surface area (Å²) in [6.07, 6.45) is 4.44. The van der Waals surface area contributed by atoms with Crippen molar-refractivity contribution in [1.29, 1.82) is 0 Å². The van der Waals surface area contributed by atoms with Gasteiger partial charge in [0.05, 0.1) is 23.7 Å². The maximum atomic E-state index is 11.9. The summed E-state index contributed by atoms with van der Waals surface area (Å²) < 4.78 is 4.84. The lowest BCUT2D eigenvalue weighted by Crippen LogP contribution is -2.34. The smallest absolute Gasteiger partial charge is 0.337 e. The number of H-pyrrole nitrogens is 1. The molecule has 0 spiro atoms. The van der Waals surface area contributed by atoms with Crippen molar-refractivity contribution in [2.45, 2.75) is 47.1 Å². The summed E-state index contributed by atoms with van der Waals surface area (Å²) in [5.41, 5.74) is 5.69. The van der Waals surface area contributed by atoms with Crippen molar-refractivity contribution < 1.29 is 14.3 Å². The number of rotatable bonds is 9. The highest BCUT2D eigenvalue weighted by Crippen LogP contribution is 2.38. The Balaban J connectivity index is 1.39. The van der Waals surface area contributed by atoms with Gasteiger partial charge < -0.3 is 20.4 Å². The topological polar surface area (TPSA) is 96.1 Å². The van der Waals surface area contributed by atoms with Crippen molar-refractivity contribution in [3.63, 3.8) is 0 Å². The van der Waals surface area contributed by atoms with Gasteiger partial charge in [-0.25, -0.2) is 9.78 Å². The average Bonchev–Trinajstić information content (AvgIpc) is 3.27. The highest BCUT2D eigenvalue weighted by atomic mass is 16.5. The molecule has 3 atom stereocenters. The third kappa shape index (κ3) is 6.66. The molecule has 2 aromatic carbocycles. The minimum absolute atomic E-state index is 0.0589. The first-order valence-electron chi connectivity index (χ1n) is 13.1. The Hall–Kier alpha value is -3.45. The van der Waals surface area contributed by atoms with Gasteiger partial charge in [0.2, 0.25) is 5.91 Å². The highest BCUT2D eigenvalue weighted by Gasteiger charge is 2.32. The monoisotopic (exact) mass is 502 g/mol. The van der Waals surface area contributed by atoms with E-state index in [1.54, 1.807) is 6.07 Å². The number of aromatic nitrogens is 2. The van der Waals surface area contributed by atoms with Gasteiger partial charge in [-0.1, -0.05) is 37.6 Å². The van der Waals surface area contributed by atoms with Crippen LogP contribution in [0.3, 0.4) is 0 Å². The fraction of sp³-hybridized carbons (Fsp3) is 0.433. The molecule has 1 heterocycles. The summed E-state index contributed by atoms with van der Waals surface area (Å²) in [6, 6.07) is 13.4. The van der Waals surface area contributed by atoms with Crippen LogP contribution < -0.4 is 10.6 Å². The van der Waals surface area contributed by atoms with Crippen LogP contribution in [0.5, 0.6) is 0 Å². The fourth-order valence-corrected chi connectivity index (χ4v) is 5.44. The number of nitrogens with zero attached hydrogens (tertiary/aromatic N) is 1. The largest absolute Gasteiger partial charge is 0.465 e. The number of benzene rings is 2. The molecule has 1 aromatic heterocycles. The molecule has 4 rings (SSSR count). The predicted molar refractivity (Wildman–Crippen MR) is 147 cm³/mol. The number of anilines is 1. The van der Waals surface area contributed by atoms with Crippen molar-refractivity contribution in [2.24, 2.45) is 23.7 Å². The van der Waals surface area contributed by atoms with Gasteiger partial charge in [-0.15, -0.1) is 0 Å². The molecular weight excluding hydrogens is 464 g/mol. The summed E-state index contributed by atoms with van der Waals surface area (Å²) in [6.45, 7) is 10.1. The second kappa shape index (κ2) is 11.7. The normalized spacial score (nSPS) is 19.6. The van der Waals surface area contributed by atoms with Gasteiger partial charge in [-0.2, -0.15) is 0 Å². The third-order valence-corrected chi connectivity index (χ3v) is 7.46. The molecule has 37 heavy (non-hydrogen) atoms. The molecule has 1 aliphatic carbocycles. The number of hydrogen-bond acceptors (Lipinski definition) is 5. The Bertz CT molecular complexity index is 1280. The summed E-state index contributed by atoms with van der Waals surface area (Å²) in [5, 5.41) is 6.46. The van der Waals surface area contributed by atoms with Crippen LogP contribution in [0.1, 0.15) is 55.9 Å². The molecule has 0 aliphatic heterocycles. The summed E-state index contributed by atoms with van der Waals surface area (Å²) in [5.74, 6) is 2.63. The van der Waals surface area contributed by atoms with Crippen LogP contribution in [0, 0.1) is 23.7 Å². The standard InChI is InChI=1S/C30H38N4O3/c1-18(2)26-13-23(15-29-33-27-11-8-22(30(36)37-5)14-28(27)34-29)19(3)12-24(26)17-31-16-21-6-9-25(10-7-21)32-20(4)35/h6-12,14,18,23-24,26,31H,13,15-17H2,1-5H3,(H,32,35)(H,33,34)/t23-,24-,26-/m0/s1. The number of hydrogen-bond donors (Lipinski definition) is 3. The van der Waals surface area contributed by atoms with Crippen molar-refractivity contribution in [3.8, 4) is 0 Å². The van der Waals surface area contributed by atoms with Crippen molar-refractivity contribution in [2.75, 3.05) is 19.0 Å². The predicted octanol–water partition coefficient (Wildman–Crippen LogP) is 5.49. The summed E-state index contributed by atoms with van der Waals surface area (Å²) in [4.78, 5) is 31.3. The van der Waals surface area contributed by atoms with Crippen LogP contribution in [0.4, 0.5) is 5.69 Å². The number of carbonyl (C=O) groups excluding carboxylic acids is 2. The Morgan fingerprint density at radius 2 is 1.92 bits per heavy atom. The molecule has 1 aliphatic rings. The lowest BCUT2D eigenvalue weighted by atomic mass is 9.70. The van der Waals surface area contributed by atoms with Crippen LogP contribution >= 0.6 is 0 Å². The van der Waals surface area contributed by atoms with E-state index in [1.807, 2.05) is 24.3 Å². The molecule has 0 bridgehead atoms. The van der Waals surface area contributed by atoms with E-state index in [2.05, 4.69) is 54.6 Å². The molecule has 0 radical (unpaired) electrons. The number of ether oxygens (including phenoxy) is 1.